The highest BCUT2D eigenvalue weighted by Crippen LogP contribution is 2.32. The highest BCUT2D eigenvalue weighted by Gasteiger charge is 2.20. The molecule has 0 bridgehead atoms. The monoisotopic (exact) mass is 345 g/mol. The van der Waals surface area contributed by atoms with E-state index in [1.807, 2.05) is 6.07 Å². The zero-order valence-corrected chi connectivity index (χ0v) is 14.0. The van der Waals surface area contributed by atoms with Gasteiger partial charge in [-0.1, -0.05) is 20.8 Å². The van der Waals surface area contributed by atoms with Crippen LogP contribution in [0.1, 0.15) is 32.2 Å². The summed E-state index contributed by atoms with van der Waals surface area (Å²) in [5.74, 6) is 1.41. The molecular weight excluding hydrogens is 330 g/mol. The number of nitriles is 1. The van der Waals surface area contributed by atoms with Gasteiger partial charge in [0.1, 0.15) is 16.2 Å². The summed E-state index contributed by atoms with van der Waals surface area (Å²) in [7, 11) is 1.60. The Morgan fingerprint density at radius 2 is 1.90 bits per heavy atom. The van der Waals surface area contributed by atoms with Crippen LogP contribution in [-0.2, 0) is 5.41 Å². The summed E-state index contributed by atoms with van der Waals surface area (Å²) < 4.78 is 6.09. The lowest BCUT2D eigenvalue weighted by Gasteiger charge is -2.18. The molecule has 1 aromatic carbocycles. The van der Waals surface area contributed by atoms with Crippen molar-refractivity contribution in [2.75, 3.05) is 7.11 Å². The highest BCUT2D eigenvalue weighted by molar-refractivity contribution is 9.10. The Kier molecular flexibility index (Phi) is 4.29. The van der Waals surface area contributed by atoms with Crippen molar-refractivity contribution in [2.24, 2.45) is 0 Å². The molecular formula is C16H16BrN3O. The van der Waals surface area contributed by atoms with Crippen LogP contribution in [0.25, 0.3) is 11.3 Å². The van der Waals surface area contributed by atoms with Crippen LogP contribution >= 0.6 is 15.9 Å². The van der Waals surface area contributed by atoms with Gasteiger partial charge in [-0.15, -0.1) is 0 Å². The first-order valence-corrected chi connectivity index (χ1v) is 7.28. The third-order valence-corrected chi connectivity index (χ3v) is 3.38. The minimum atomic E-state index is -0.168. The Balaban J connectivity index is 2.67. The molecule has 0 saturated carbocycles. The van der Waals surface area contributed by atoms with E-state index in [0.717, 1.165) is 17.1 Å². The minimum Gasteiger partial charge on any atom is -0.496 e. The molecule has 108 valence electrons. The quantitative estimate of drug-likeness (QED) is 0.769. The van der Waals surface area contributed by atoms with Gasteiger partial charge in [-0.2, -0.15) is 5.26 Å². The van der Waals surface area contributed by atoms with E-state index in [1.165, 1.54) is 0 Å². The summed E-state index contributed by atoms with van der Waals surface area (Å²) >= 11 is 3.43. The molecule has 4 nitrogen and oxygen atoms in total. The number of hydrogen-bond acceptors (Lipinski definition) is 4. The number of hydrogen-bond donors (Lipinski definition) is 0. The van der Waals surface area contributed by atoms with E-state index in [9.17, 15) is 0 Å². The van der Waals surface area contributed by atoms with Gasteiger partial charge in [-0.25, -0.2) is 9.97 Å². The average Bonchev–Trinajstić information content (AvgIpc) is 2.45. The topological polar surface area (TPSA) is 58.8 Å². The third kappa shape index (κ3) is 3.40. The van der Waals surface area contributed by atoms with Crippen molar-refractivity contribution in [3.8, 4) is 23.1 Å². The molecule has 0 unspecified atom stereocenters. The van der Waals surface area contributed by atoms with Gasteiger partial charge in [0, 0.05) is 11.0 Å². The molecule has 2 aromatic rings. The molecule has 0 aliphatic carbocycles. The van der Waals surface area contributed by atoms with Crippen molar-refractivity contribution < 1.29 is 4.74 Å². The third-order valence-electron chi connectivity index (χ3n) is 2.97. The molecule has 0 saturated heterocycles. The molecule has 21 heavy (non-hydrogen) atoms. The lowest BCUT2D eigenvalue weighted by Crippen LogP contribution is -2.16. The second kappa shape index (κ2) is 5.82. The maximum atomic E-state index is 9.08. The number of ether oxygens (including phenoxy) is 1. The summed E-state index contributed by atoms with van der Waals surface area (Å²) in [6, 6.07) is 9.25. The van der Waals surface area contributed by atoms with Crippen molar-refractivity contribution in [1.82, 2.24) is 9.97 Å². The molecule has 0 fully saturated rings. The number of rotatable bonds is 2. The lowest BCUT2D eigenvalue weighted by atomic mass is 9.95. The fourth-order valence-corrected chi connectivity index (χ4v) is 2.25. The molecule has 1 aromatic heterocycles. The van der Waals surface area contributed by atoms with Gasteiger partial charge in [-0.05, 0) is 40.2 Å². The van der Waals surface area contributed by atoms with E-state index < -0.39 is 0 Å². The molecule has 0 aliphatic heterocycles. The number of nitrogens with zero attached hydrogens (tertiary/aromatic N) is 3. The van der Waals surface area contributed by atoms with Crippen LogP contribution in [0.3, 0.4) is 0 Å². The lowest BCUT2D eigenvalue weighted by molar-refractivity contribution is 0.416. The van der Waals surface area contributed by atoms with Gasteiger partial charge in [0.05, 0.1) is 24.4 Å². The largest absolute Gasteiger partial charge is 0.496 e. The predicted octanol–water partition coefficient (Wildman–Crippen LogP) is 4.08. The van der Waals surface area contributed by atoms with Crippen LogP contribution in [0.5, 0.6) is 5.75 Å². The van der Waals surface area contributed by atoms with E-state index in [2.05, 4.69) is 52.7 Å². The summed E-state index contributed by atoms with van der Waals surface area (Å²) in [4.78, 5) is 9.06. The Hall–Kier alpha value is -1.93. The van der Waals surface area contributed by atoms with E-state index in [1.54, 1.807) is 25.3 Å². The van der Waals surface area contributed by atoms with Crippen molar-refractivity contribution in [3.63, 3.8) is 0 Å². The van der Waals surface area contributed by atoms with Crippen LogP contribution in [0.2, 0.25) is 0 Å². The van der Waals surface area contributed by atoms with E-state index in [4.69, 9.17) is 10.00 Å². The van der Waals surface area contributed by atoms with Crippen molar-refractivity contribution in [1.29, 1.82) is 5.26 Å². The fourth-order valence-electron chi connectivity index (χ4n) is 1.87. The van der Waals surface area contributed by atoms with Gasteiger partial charge in [-0.3, -0.25) is 0 Å². The summed E-state index contributed by atoms with van der Waals surface area (Å²) in [6.07, 6.45) is 0. The van der Waals surface area contributed by atoms with Gasteiger partial charge >= 0.3 is 0 Å². The molecule has 2 rings (SSSR count). The molecule has 5 heteroatoms. The Morgan fingerprint density at radius 1 is 1.19 bits per heavy atom. The number of halogens is 1. The number of aromatic nitrogens is 2. The first-order chi connectivity index (χ1) is 9.85. The van der Waals surface area contributed by atoms with Gasteiger partial charge < -0.3 is 4.74 Å². The predicted molar refractivity (Wildman–Crippen MR) is 85.1 cm³/mol. The van der Waals surface area contributed by atoms with Gasteiger partial charge in [0.25, 0.3) is 0 Å². The molecule has 0 spiro atoms. The zero-order chi connectivity index (χ0) is 15.6. The van der Waals surface area contributed by atoms with E-state index >= 15 is 0 Å². The zero-order valence-electron chi connectivity index (χ0n) is 12.4. The van der Waals surface area contributed by atoms with Crippen LogP contribution in [0, 0.1) is 11.3 Å². The molecule has 0 amide bonds. The average molecular weight is 346 g/mol. The minimum absolute atomic E-state index is 0.168. The molecule has 0 radical (unpaired) electrons. The second-order valence-electron chi connectivity index (χ2n) is 5.68. The Morgan fingerprint density at radius 3 is 2.48 bits per heavy atom. The maximum Gasteiger partial charge on any atom is 0.135 e. The van der Waals surface area contributed by atoms with E-state index in [-0.39, 0.29) is 5.41 Å². The standard InChI is InChI=1S/C16H16BrN3O/c1-16(2,3)15-19-12(8-14(17)20-15)11-7-10(9-18)5-6-13(11)21-4/h5-8H,1-4H3. The first-order valence-electron chi connectivity index (χ1n) is 6.48. The molecule has 0 atom stereocenters. The maximum absolute atomic E-state index is 9.08. The summed E-state index contributed by atoms with van der Waals surface area (Å²) in [5, 5.41) is 9.08. The van der Waals surface area contributed by atoms with Crippen LogP contribution in [-0.4, -0.2) is 17.1 Å². The van der Waals surface area contributed by atoms with Crippen molar-refractivity contribution >= 4 is 15.9 Å². The Bertz CT molecular complexity index is 714. The number of methoxy groups -OCH3 is 1. The molecule has 0 N–H and O–H groups in total. The van der Waals surface area contributed by atoms with Crippen molar-refractivity contribution in [3.05, 3.63) is 40.3 Å². The number of benzene rings is 1. The molecule has 0 aliphatic rings. The van der Waals surface area contributed by atoms with Gasteiger partial charge in [0.2, 0.25) is 0 Å². The Labute approximate surface area is 132 Å². The highest BCUT2D eigenvalue weighted by atomic mass is 79.9. The van der Waals surface area contributed by atoms with Crippen molar-refractivity contribution in [2.45, 2.75) is 26.2 Å². The van der Waals surface area contributed by atoms with E-state index in [0.29, 0.717) is 15.9 Å². The summed E-state index contributed by atoms with van der Waals surface area (Å²) in [5.41, 5.74) is 1.91. The van der Waals surface area contributed by atoms with Gasteiger partial charge in [0.15, 0.2) is 0 Å². The van der Waals surface area contributed by atoms with Crippen LogP contribution in [0.4, 0.5) is 0 Å². The fraction of sp³-hybridized carbons (Fsp3) is 0.312. The smallest absolute Gasteiger partial charge is 0.135 e. The normalized spacial score (nSPS) is 11.0. The summed E-state index contributed by atoms with van der Waals surface area (Å²) in [6.45, 7) is 6.17. The SMILES string of the molecule is COc1ccc(C#N)cc1-c1cc(Br)nc(C(C)(C)C)n1. The van der Waals surface area contributed by atoms with Crippen LogP contribution < -0.4 is 4.74 Å². The molecule has 1 heterocycles. The second-order valence-corrected chi connectivity index (χ2v) is 6.49. The van der Waals surface area contributed by atoms with Crippen LogP contribution in [0.15, 0.2) is 28.9 Å². The first kappa shape index (κ1) is 15.5.